The highest BCUT2D eigenvalue weighted by Crippen LogP contribution is 2.38. The lowest BCUT2D eigenvalue weighted by molar-refractivity contribution is 1.17. The molecule has 1 fully saturated rings. The number of rotatable bonds is 0. The van der Waals surface area contributed by atoms with Crippen LogP contribution in [0.25, 0.3) is 0 Å². The highest BCUT2D eigenvalue weighted by molar-refractivity contribution is 7.96. The highest BCUT2D eigenvalue weighted by atomic mass is 32.1. The van der Waals surface area contributed by atoms with Gasteiger partial charge in [0.1, 0.15) is 0 Å². The number of hydrogen-bond acceptors (Lipinski definition) is 0. The van der Waals surface area contributed by atoms with Crippen LogP contribution in [0.4, 0.5) is 0 Å². The van der Waals surface area contributed by atoms with Gasteiger partial charge in [-0.05, 0) is 29.0 Å². The number of hydrogen-bond donors (Lipinski definition) is 0. The molecule has 32 valence electrons. The van der Waals surface area contributed by atoms with Crippen molar-refractivity contribution in [2.45, 2.75) is 6.42 Å². The maximum Gasteiger partial charge on any atom is -0.00597 e. The Labute approximate surface area is 40.7 Å². The third-order valence-corrected chi connectivity index (χ3v) is 2.41. The zero-order valence-electron chi connectivity index (χ0n) is 3.42. The van der Waals surface area contributed by atoms with Crippen molar-refractivity contribution in [1.82, 2.24) is 0 Å². The van der Waals surface area contributed by atoms with E-state index in [2.05, 4.69) is 10.7 Å². The summed E-state index contributed by atoms with van der Waals surface area (Å²) < 4.78 is 0. The Morgan fingerprint density at radius 1 is 1.33 bits per heavy atom. The second-order valence-corrected chi connectivity index (χ2v) is 2.79. The standard InChI is InChI=1S/C5H6S/c1-4-2-6-3-5(1)4/h2-5H,1H2. The van der Waals surface area contributed by atoms with Gasteiger partial charge in [-0.15, -0.1) is 0 Å². The molecule has 1 aliphatic carbocycles. The first kappa shape index (κ1) is 3.03. The maximum atomic E-state index is 2.34. The molecule has 0 N–H and O–H groups in total. The first-order valence-electron chi connectivity index (χ1n) is 2.29. The smallest absolute Gasteiger partial charge is 0.00597 e. The molecule has 0 spiro atoms. The predicted octanol–water partition coefficient (Wildman–Crippen LogP) is 0.974. The molecular weight excluding hydrogens is 92.1 g/mol. The average molecular weight is 98.2 g/mol. The summed E-state index contributed by atoms with van der Waals surface area (Å²) in [6.07, 6.45) is 1.45. The van der Waals surface area contributed by atoms with Crippen LogP contribution >= 0.6 is 10.9 Å². The maximum absolute atomic E-state index is 2.34. The van der Waals surface area contributed by atoms with Crippen molar-refractivity contribution in [3.05, 3.63) is 0 Å². The van der Waals surface area contributed by atoms with Crippen LogP contribution in [-0.4, -0.2) is 10.7 Å². The molecule has 0 aromatic heterocycles. The van der Waals surface area contributed by atoms with E-state index in [4.69, 9.17) is 0 Å². The fourth-order valence-corrected chi connectivity index (χ4v) is 1.92. The summed E-state index contributed by atoms with van der Waals surface area (Å²) in [6, 6.07) is 0. The Balaban J connectivity index is 2.42. The molecule has 2 atom stereocenters. The van der Waals surface area contributed by atoms with Crippen molar-refractivity contribution in [2.24, 2.45) is 11.8 Å². The minimum absolute atomic E-state index is 0.995. The van der Waals surface area contributed by atoms with E-state index in [1.807, 2.05) is 10.9 Å². The lowest BCUT2D eigenvalue weighted by atomic mass is 10.4. The van der Waals surface area contributed by atoms with Crippen LogP contribution in [-0.2, 0) is 0 Å². The first-order chi connectivity index (χ1) is 2.97. The van der Waals surface area contributed by atoms with Gasteiger partial charge in [0.05, 0.1) is 0 Å². The van der Waals surface area contributed by atoms with Crippen LogP contribution < -0.4 is 0 Å². The van der Waals surface area contributed by atoms with Gasteiger partial charge in [0.2, 0.25) is 0 Å². The van der Waals surface area contributed by atoms with Crippen LogP contribution in [0.5, 0.6) is 0 Å². The Hall–Kier alpha value is -0.0400. The molecule has 0 amide bonds. The van der Waals surface area contributed by atoms with Gasteiger partial charge >= 0.3 is 0 Å². The molecule has 6 heavy (non-hydrogen) atoms. The monoisotopic (exact) mass is 98.0 g/mol. The average Bonchev–Trinajstić information content (AvgIpc) is 2.17. The summed E-state index contributed by atoms with van der Waals surface area (Å²) in [4.78, 5) is 0. The fourth-order valence-electron chi connectivity index (χ4n) is 0.796. The quantitative estimate of drug-likeness (QED) is 0.396. The largest absolute Gasteiger partial charge is 0.161 e. The Kier molecular flexibility index (Phi) is 0.396. The van der Waals surface area contributed by atoms with Crippen molar-refractivity contribution < 1.29 is 0 Å². The highest BCUT2D eigenvalue weighted by Gasteiger charge is 2.34. The van der Waals surface area contributed by atoms with Crippen molar-refractivity contribution >= 4 is 21.7 Å². The molecule has 0 bridgehead atoms. The molecule has 0 nitrogen and oxygen atoms in total. The molecule has 0 radical (unpaired) electrons. The molecule has 2 rings (SSSR count). The van der Waals surface area contributed by atoms with E-state index >= 15 is 0 Å². The molecule has 2 aliphatic rings. The van der Waals surface area contributed by atoms with E-state index in [-0.39, 0.29) is 0 Å². The van der Waals surface area contributed by atoms with E-state index in [9.17, 15) is 0 Å². The van der Waals surface area contributed by atoms with Gasteiger partial charge in [0.15, 0.2) is 0 Å². The van der Waals surface area contributed by atoms with E-state index in [0.717, 1.165) is 11.8 Å². The summed E-state index contributed by atoms with van der Waals surface area (Å²) in [5.41, 5.74) is 0. The summed E-state index contributed by atoms with van der Waals surface area (Å²) in [5.74, 6) is 1.99. The van der Waals surface area contributed by atoms with E-state index in [0.29, 0.717) is 0 Å². The van der Waals surface area contributed by atoms with Crippen LogP contribution in [0.3, 0.4) is 0 Å². The van der Waals surface area contributed by atoms with Gasteiger partial charge in [-0.25, -0.2) is 0 Å². The van der Waals surface area contributed by atoms with Gasteiger partial charge in [-0.1, -0.05) is 0 Å². The number of fused-ring (bicyclic) bond motifs is 1. The van der Waals surface area contributed by atoms with Crippen LogP contribution in [0.1, 0.15) is 6.42 Å². The van der Waals surface area contributed by atoms with Crippen molar-refractivity contribution in [3.8, 4) is 0 Å². The molecule has 0 saturated heterocycles. The molecule has 1 heteroatoms. The second-order valence-electron chi connectivity index (χ2n) is 1.97. The van der Waals surface area contributed by atoms with Gasteiger partial charge in [-0.3, -0.25) is 0 Å². The van der Waals surface area contributed by atoms with Crippen molar-refractivity contribution in [2.75, 3.05) is 0 Å². The van der Waals surface area contributed by atoms with Gasteiger partial charge in [0.25, 0.3) is 0 Å². The predicted molar refractivity (Wildman–Crippen MR) is 31.3 cm³/mol. The van der Waals surface area contributed by atoms with E-state index in [1.165, 1.54) is 6.42 Å². The van der Waals surface area contributed by atoms with Crippen molar-refractivity contribution in [1.29, 1.82) is 0 Å². The van der Waals surface area contributed by atoms with Crippen LogP contribution in [0, 0.1) is 11.8 Å². The molecular formula is C5H6S. The van der Waals surface area contributed by atoms with Gasteiger partial charge < -0.3 is 0 Å². The molecule has 1 aliphatic heterocycles. The third-order valence-electron chi connectivity index (χ3n) is 1.40. The lowest BCUT2D eigenvalue weighted by Crippen LogP contribution is -1.70. The summed E-state index contributed by atoms with van der Waals surface area (Å²) in [6.45, 7) is 0. The fraction of sp³-hybridized carbons (Fsp3) is 0.600. The van der Waals surface area contributed by atoms with Crippen molar-refractivity contribution in [3.63, 3.8) is 0 Å². The Bertz CT molecular complexity index is 119. The minimum atomic E-state index is 0.995. The zero-order chi connectivity index (χ0) is 3.98. The van der Waals surface area contributed by atoms with E-state index < -0.39 is 0 Å². The topological polar surface area (TPSA) is 0 Å². The summed E-state index contributed by atoms with van der Waals surface area (Å²) in [7, 11) is 1.88. The molecule has 1 saturated carbocycles. The summed E-state index contributed by atoms with van der Waals surface area (Å²) in [5, 5.41) is 4.68. The first-order valence-corrected chi connectivity index (χ1v) is 3.23. The van der Waals surface area contributed by atoms with E-state index in [1.54, 1.807) is 0 Å². The molecule has 0 aromatic rings. The third kappa shape index (κ3) is 0.243. The van der Waals surface area contributed by atoms with Gasteiger partial charge in [-0.2, -0.15) is 10.9 Å². The van der Waals surface area contributed by atoms with Crippen LogP contribution in [0.2, 0.25) is 0 Å². The molecule has 2 unspecified atom stereocenters. The van der Waals surface area contributed by atoms with Gasteiger partial charge in [0, 0.05) is 0 Å². The Morgan fingerprint density at radius 2 is 2.00 bits per heavy atom. The normalized spacial score (nSPS) is 48.0. The zero-order valence-corrected chi connectivity index (χ0v) is 4.24. The molecule has 1 heterocycles. The van der Waals surface area contributed by atoms with Crippen LogP contribution in [0.15, 0.2) is 0 Å². The second kappa shape index (κ2) is 0.784. The summed E-state index contributed by atoms with van der Waals surface area (Å²) >= 11 is 0. The SMILES string of the molecule is C1=S=CC2CC12. The lowest BCUT2D eigenvalue weighted by Gasteiger charge is -1.63. The molecule has 0 aromatic carbocycles. The minimum Gasteiger partial charge on any atom is -0.161 e. The Morgan fingerprint density at radius 3 is 2.17 bits per heavy atom.